The van der Waals surface area contributed by atoms with Gasteiger partial charge >= 0.3 is 6.16 Å². The molecule has 0 bridgehead atoms. The number of carbonyl (C=O) groups is 3. The minimum Gasteiger partial charge on any atom is -0.431 e. The molecule has 1 aliphatic carbocycles. The first-order valence-corrected chi connectivity index (χ1v) is 7.18. The zero-order chi connectivity index (χ0) is 16.6. The van der Waals surface area contributed by atoms with E-state index in [-0.39, 0.29) is 29.0 Å². The molecule has 5 heteroatoms. The summed E-state index contributed by atoms with van der Waals surface area (Å²) in [6.45, 7) is 3.40. The molecule has 0 N–H and O–H groups in total. The van der Waals surface area contributed by atoms with Gasteiger partial charge in [0.15, 0.2) is 11.6 Å². The second kappa shape index (κ2) is 5.68. The Bertz CT molecular complexity index is 820. The Morgan fingerprint density at radius 2 is 1.43 bits per heavy atom. The Kier molecular flexibility index (Phi) is 3.70. The van der Waals surface area contributed by atoms with Crippen molar-refractivity contribution in [2.75, 3.05) is 0 Å². The molecule has 0 saturated heterocycles. The lowest BCUT2D eigenvalue weighted by molar-refractivity contribution is 0.0727. The van der Waals surface area contributed by atoms with Crippen LogP contribution in [0.3, 0.4) is 0 Å². The van der Waals surface area contributed by atoms with Gasteiger partial charge in [-0.3, -0.25) is 9.59 Å². The van der Waals surface area contributed by atoms with Crippen LogP contribution in [0.4, 0.5) is 4.79 Å². The topological polar surface area (TPSA) is 69.7 Å². The Morgan fingerprint density at radius 3 is 2.04 bits per heavy atom. The van der Waals surface area contributed by atoms with Crippen LogP contribution in [0.15, 0.2) is 42.5 Å². The van der Waals surface area contributed by atoms with Crippen LogP contribution >= 0.6 is 0 Å². The van der Waals surface area contributed by atoms with E-state index in [1.54, 1.807) is 38.1 Å². The molecule has 0 aliphatic heterocycles. The maximum Gasteiger partial charge on any atom is 0.514 e. The number of hydrogen-bond donors (Lipinski definition) is 0. The molecule has 2 aromatic rings. The van der Waals surface area contributed by atoms with Crippen molar-refractivity contribution in [3.63, 3.8) is 0 Å². The third-order valence-electron chi connectivity index (χ3n) is 3.43. The summed E-state index contributed by atoms with van der Waals surface area (Å²) in [5.74, 6) is -0.320. The van der Waals surface area contributed by atoms with Gasteiger partial charge in [0.05, 0.1) is 6.10 Å². The van der Waals surface area contributed by atoms with Gasteiger partial charge in [0.2, 0.25) is 0 Å². The summed E-state index contributed by atoms with van der Waals surface area (Å²) in [4.78, 5) is 36.5. The van der Waals surface area contributed by atoms with E-state index in [1.807, 2.05) is 0 Å². The molecule has 0 fully saturated rings. The third kappa shape index (κ3) is 2.73. The number of carbonyl (C=O) groups excluding carboxylic acids is 3. The molecule has 0 atom stereocenters. The summed E-state index contributed by atoms with van der Waals surface area (Å²) in [6.07, 6.45) is -1.16. The van der Waals surface area contributed by atoms with Crippen molar-refractivity contribution in [3.8, 4) is 5.75 Å². The average molecular weight is 310 g/mol. The van der Waals surface area contributed by atoms with Gasteiger partial charge in [0.1, 0.15) is 5.75 Å². The molecule has 3 rings (SSSR count). The second-order valence-electron chi connectivity index (χ2n) is 5.43. The first-order valence-electron chi connectivity index (χ1n) is 7.18. The van der Waals surface area contributed by atoms with Crippen molar-refractivity contribution >= 4 is 17.7 Å². The van der Waals surface area contributed by atoms with E-state index >= 15 is 0 Å². The fraction of sp³-hybridized carbons (Fsp3) is 0.167. The molecule has 23 heavy (non-hydrogen) atoms. The van der Waals surface area contributed by atoms with Crippen LogP contribution in [-0.4, -0.2) is 23.8 Å². The average Bonchev–Trinajstić information content (AvgIpc) is 2.51. The summed E-state index contributed by atoms with van der Waals surface area (Å²) in [5.41, 5.74) is 1.27. The van der Waals surface area contributed by atoms with Crippen molar-refractivity contribution in [1.29, 1.82) is 0 Å². The lowest BCUT2D eigenvalue weighted by Crippen LogP contribution is -2.21. The lowest BCUT2D eigenvalue weighted by Gasteiger charge is -2.17. The van der Waals surface area contributed by atoms with Crippen LogP contribution in [0.1, 0.15) is 45.7 Å². The van der Waals surface area contributed by atoms with Crippen LogP contribution < -0.4 is 4.74 Å². The van der Waals surface area contributed by atoms with E-state index in [0.29, 0.717) is 16.7 Å². The SMILES string of the molecule is CC(C)OC(=O)Oc1ccc2c(c1)C(=O)c1ccccc1C2=O. The molecule has 5 nitrogen and oxygen atoms in total. The van der Waals surface area contributed by atoms with Gasteiger partial charge in [-0.15, -0.1) is 0 Å². The maximum atomic E-state index is 12.5. The van der Waals surface area contributed by atoms with E-state index < -0.39 is 6.16 Å². The molecule has 0 radical (unpaired) electrons. The van der Waals surface area contributed by atoms with Gasteiger partial charge in [0, 0.05) is 22.3 Å². The van der Waals surface area contributed by atoms with Gasteiger partial charge < -0.3 is 9.47 Å². The normalized spacial score (nSPS) is 12.7. The lowest BCUT2D eigenvalue weighted by atomic mass is 9.84. The zero-order valence-electron chi connectivity index (χ0n) is 12.7. The number of ether oxygens (including phenoxy) is 2. The van der Waals surface area contributed by atoms with Crippen LogP contribution in [0.5, 0.6) is 5.75 Å². The largest absolute Gasteiger partial charge is 0.514 e. The molecule has 0 aromatic heterocycles. The highest BCUT2D eigenvalue weighted by atomic mass is 16.7. The minimum atomic E-state index is -0.852. The number of fused-ring (bicyclic) bond motifs is 2. The number of benzene rings is 2. The monoisotopic (exact) mass is 310 g/mol. The fourth-order valence-corrected chi connectivity index (χ4v) is 2.45. The van der Waals surface area contributed by atoms with Gasteiger partial charge in [-0.05, 0) is 32.0 Å². The highest BCUT2D eigenvalue weighted by Crippen LogP contribution is 2.29. The second-order valence-corrected chi connectivity index (χ2v) is 5.43. The van der Waals surface area contributed by atoms with Gasteiger partial charge in [-0.2, -0.15) is 0 Å². The summed E-state index contributed by atoms with van der Waals surface area (Å²) >= 11 is 0. The van der Waals surface area contributed by atoms with E-state index in [0.717, 1.165) is 0 Å². The standard InChI is InChI=1S/C18H14O5/c1-10(2)22-18(21)23-11-7-8-14-15(9-11)17(20)13-6-4-3-5-12(13)16(14)19/h3-10H,1-2H3. The smallest absolute Gasteiger partial charge is 0.431 e. The van der Waals surface area contributed by atoms with Crippen molar-refractivity contribution < 1.29 is 23.9 Å². The van der Waals surface area contributed by atoms with Gasteiger partial charge in [-0.1, -0.05) is 24.3 Å². The number of ketones is 2. The molecular weight excluding hydrogens is 296 g/mol. The molecule has 0 amide bonds. The molecule has 2 aromatic carbocycles. The molecule has 116 valence electrons. The number of rotatable bonds is 2. The third-order valence-corrected chi connectivity index (χ3v) is 3.43. The van der Waals surface area contributed by atoms with Crippen molar-refractivity contribution in [2.45, 2.75) is 20.0 Å². The van der Waals surface area contributed by atoms with Crippen LogP contribution in [0.2, 0.25) is 0 Å². The fourth-order valence-electron chi connectivity index (χ4n) is 2.45. The van der Waals surface area contributed by atoms with Crippen molar-refractivity contribution in [3.05, 3.63) is 64.7 Å². The van der Waals surface area contributed by atoms with Crippen molar-refractivity contribution in [2.24, 2.45) is 0 Å². The van der Waals surface area contributed by atoms with E-state index in [1.165, 1.54) is 18.2 Å². The molecule has 0 heterocycles. The first kappa shape index (κ1) is 15.0. The molecule has 0 unspecified atom stereocenters. The summed E-state index contributed by atoms with van der Waals surface area (Å²) in [7, 11) is 0. The van der Waals surface area contributed by atoms with Crippen LogP contribution in [0, 0.1) is 0 Å². The highest BCUT2D eigenvalue weighted by molar-refractivity contribution is 6.28. The van der Waals surface area contributed by atoms with Gasteiger partial charge in [-0.25, -0.2) is 4.79 Å². The molecule has 1 aliphatic rings. The predicted molar refractivity (Wildman–Crippen MR) is 82.0 cm³/mol. The summed E-state index contributed by atoms with van der Waals surface area (Å²) < 4.78 is 9.93. The summed E-state index contributed by atoms with van der Waals surface area (Å²) in [5, 5.41) is 0. The minimum absolute atomic E-state index is 0.162. The predicted octanol–water partition coefficient (Wildman–Crippen LogP) is 3.39. The van der Waals surface area contributed by atoms with Crippen LogP contribution in [-0.2, 0) is 4.74 Å². The molecule has 0 spiro atoms. The van der Waals surface area contributed by atoms with E-state index in [4.69, 9.17) is 9.47 Å². The number of hydrogen-bond acceptors (Lipinski definition) is 5. The van der Waals surface area contributed by atoms with Crippen LogP contribution in [0.25, 0.3) is 0 Å². The maximum absolute atomic E-state index is 12.5. The van der Waals surface area contributed by atoms with Gasteiger partial charge in [0.25, 0.3) is 0 Å². The van der Waals surface area contributed by atoms with E-state index in [2.05, 4.69) is 0 Å². The zero-order valence-corrected chi connectivity index (χ0v) is 12.7. The summed E-state index contributed by atoms with van der Waals surface area (Å²) in [6, 6.07) is 11.0. The molecular formula is C18H14O5. The first-order chi connectivity index (χ1) is 11.0. The Balaban J connectivity index is 1.96. The highest BCUT2D eigenvalue weighted by Gasteiger charge is 2.29. The Labute approximate surface area is 132 Å². The van der Waals surface area contributed by atoms with E-state index in [9.17, 15) is 14.4 Å². The van der Waals surface area contributed by atoms with Crippen molar-refractivity contribution in [1.82, 2.24) is 0 Å². The molecule has 0 saturated carbocycles. The Morgan fingerprint density at radius 1 is 0.870 bits per heavy atom. The Hall–Kier alpha value is -2.95. The quantitative estimate of drug-likeness (QED) is 0.536.